The van der Waals surface area contributed by atoms with E-state index in [-0.39, 0.29) is 23.1 Å². The van der Waals surface area contributed by atoms with E-state index in [0.717, 1.165) is 17.7 Å². The number of alkyl halides is 3. The minimum atomic E-state index is -4.54. The van der Waals surface area contributed by atoms with Gasteiger partial charge < -0.3 is 28.6 Å². The fraction of sp³-hybridized carbons (Fsp3) is 0.484. The van der Waals surface area contributed by atoms with Gasteiger partial charge in [-0.25, -0.2) is 4.79 Å². The zero-order chi connectivity index (χ0) is 30.9. The summed E-state index contributed by atoms with van der Waals surface area (Å²) in [5, 5.41) is 0.506. The van der Waals surface area contributed by atoms with Crippen molar-refractivity contribution in [1.29, 1.82) is 0 Å². The van der Waals surface area contributed by atoms with Crippen LogP contribution in [0.2, 0.25) is 5.02 Å². The molecule has 1 aromatic heterocycles. The summed E-state index contributed by atoms with van der Waals surface area (Å²) in [7, 11) is 0. The van der Waals surface area contributed by atoms with E-state index in [2.05, 4.69) is 4.90 Å². The van der Waals surface area contributed by atoms with Crippen LogP contribution in [0.3, 0.4) is 0 Å². The summed E-state index contributed by atoms with van der Waals surface area (Å²) < 4.78 is 58.7. The van der Waals surface area contributed by atoms with Crippen LogP contribution in [0.1, 0.15) is 44.7 Å². The second-order valence-corrected chi connectivity index (χ2v) is 12.3. The molecular weight excluding hydrogens is 587 g/mol. The van der Waals surface area contributed by atoms with Crippen molar-refractivity contribution in [2.75, 3.05) is 32.8 Å². The van der Waals surface area contributed by atoms with Gasteiger partial charge in [0.15, 0.2) is 11.5 Å². The van der Waals surface area contributed by atoms with Gasteiger partial charge in [-0.1, -0.05) is 23.7 Å². The van der Waals surface area contributed by atoms with Crippen LogP contribution in [0, 0.1) is 0 Å². The Morgan fingerprint density at radius 2 is 1.70 bits per heavy atom. The van der Waals surface area contributed by atoms with Crippen LogP contribution < -0.4 is 15.0 Å². The summed E-state index contributed by atoms with van der Waals surface area (Å²) in [6.45, 7) is 8.71. The molecule has 43 heavy (non-hydrogen) atoms. The molecule has 1 amide bonds. The smallest absolute Gasteiger partial charge is 0.416 e. The van der Waals surface area contributed by atoms with Crippen LogP contribution in [0.15, 0.2) is 47.3 Å². The standard InChI is InChI=1S/C31H35ClF3N3O5/c1-30(2,3)43-29(40)38(19-20-4-7-26-27(16-20)42-15-14-41-26)22-8-10-36(11-9-22)12-13-37-25-17-21(31(33,34)35)5-6-23(25)24(32)18-28(37)39/h4-7,16-18,22H,8-15,19H2,1-3H3. The van der Waals surface area contributed by atoms with Crippen molar-refractivity contribution in [3.63, 3.8) is 0 Å². The number of nitrogens with zero attached hydrogens (tertiary/aromatic N) is 3. The van der Waals surface area contributed by atoms with E-state index in [9.17, 15) is 22.8 Å². The zero-order valence-corrected chi connectivity index (χ0v) is 25.1. The van der Waals surface area contributed by atoms with E-state index in [1.165, 1.54) is 16.7 Å². The third-order valence-electron chi connectivity index (χ3n) is 7.61. The molecule has 0 spiro atoms. The van der Waals surface area contributed by atoms with Crippen molar-refractivity contribution in [3.05, 3.63) is 69.0 Å². The Hall–Kier alpha value is -3.44. The van der Waals surface area contributed by atoms with Crippen LogP contribution in [-0.2, 0) is 24.0 Å². The lowest BCUT2D eigenvalue weighted by Gasteiger charge is -2.39. The van der Waals surface area contributed by atoms with Crippen LogP contribution in [0.5, 0.6) is 11.5 Å². The SMILES string of the molecule is CC(C)(C)OC(=O)N(Cc1ccc2c(c1)OCCO2)C1CCN(CCn2c(=O)cc(Cl)c3ccc(C(F)(F)F)cc32)CC1. The summed E-state index contributed by atoms with van der Waals surface area (Å²) in [5.74, 6) is 1.32. The number of hydrogen-bond acceptors (Lipinski definition) is 6. The predicted molar refractivity (Wildman–Crippen MR) is 157 cm³/mol. The number of amides is 1. The molecule has 0 unspecified atom stereocenters. The molecule has 1 fully saturated rings. The lowest BCUT2D eigenvalue weighted by molar-refractivity contribution is -0.137. The van der Waals surface area contributed by atoms with Crippen LogP contribution in [0.4, 0.5) is 18.0 Å². The van der Waals surface area contributed by atoms with Gasteiger partial charge in [0.25, 0.3) is 5.56 Å². The number of hydrogen-bond donors (Lipinski definition) is 0. The maximum atomic E-state index is 13.4. The fourth-order valence-electron chi connectivity index (χ4n) is 5.49. The molecule has 3 aromatic rings. The van der Waals surface area contributed by atoms with E-state index >= 15 is 0 Å². The molecule has 1 saturated heterocycles. The van der Waals surface area contributed by atoms with Gasteiger partial charge in [0.1, 0.15) is 18.8 Å². The summed E-state index contributed by atoms with van der Waals surface area (Å²) in [4.78, 5) is 30.0. The van der Waals surface area contributed by atoms with Crippen LogP contribution in [-0.4, -0.2) is 65.0 Å². The molecule has 232 valence electrons. The Labute approximate surface area is 252 Å². The van der Waals surface area contributed by atoms with Gasteiger partial charge >= 0.3 is 12.3 Å². The number of piperidine rings is 1. The monoisotopic (exact) mass is 621 g/mol. The normalized spacial score (nSPS) is 16.3. The summed E-state index contributed by atoms with van der Waals surface area (Å²) in [6.07, 6.45) is -3.61. The lowest BCUT2D eigenvalue weighted by atomic mass is 10.0. The highest BCUT2D eigenvalue weighted by Crippen LogP contribution is 2.34. The Balaban J connectivity index is 1.28. The van der Waals surface area contributed by atoms with Crippen molar-refractivity contribution in [3.8, 4) is 11.5 Å². The topological polar surface area (TPSA) is 73.2 Å². The maximum Gasteiger partial charge on any atom is 0.416 e. The number of ether oxygens (including phenoxy) is 3. The van der Waals surface area contributed by atoms with Gasteiger partial charge in [0, 0.05) is 50.2 Å². The molecule has 2 aliphatic heterocycles. The Morgan fingerprint density at radius 3 is 2.37 bits per heavy atom. The van der Waals surface area contributed by atoms with Gasteiger partial charge in [-0.3, -0.25) is 4.79 Å². The van der Waals surface area contributed by atoms with E-state index in [0.29, 0.717) is 69.1 Å². The number of benzene rings is 2. The first kappa shape index (κ1) is 31.0. The number of aromatic nitrogens is 1. The highest BCUT2D eigenvalue weighted by Gasteiger charge is 2.33. The van der Waals surface area contributed by atoms with Gasteiger partial charge in [-0.2, -0.15) is 13.2 Å². The molecule has 3 heterocycles. The van der Waals surface area contributed by atoms with E-state index in [4.69, 9.17) is 25.8 Å². The second-order valence-electron chi connectivity index (χ2n) is 11.9. The average molecular weight is 622 g/mol. The Bertz CT molecular complexity index is 1540. The molecule has 0 saturated carbocycles. The first-order chi connectivity index (χ1) is 20.3. The molecule has 12 heteroatoms. The second kappa shape index (κ2) is 12.3. The predicted octanol–water partition coefficient (Wildman–Crippen LogP) is 6.35. The fourth-order valence-corrected chi connectivity index (χ4v) is 5.74. The maximum absolute atomic E-state index is 13.4. The third-order valence-corrected chi connectivity index (χ3v) is 7.93. The number of likely N-dealkylation sites (tertiary alicyclic amines) is 1. The van der Waals surface area contributed by atoms with Crippen molar-refractivity contribution < 1.29 is 32.2 Å². The quantitative estimate of drug-likeness (QED) is 0.320. The summed E-state index contributed by atoms with van der Waals surface area (Å²) in [5.41, 5.74) is -0.912. The average Bonchev–Trinajstić information content (AvgIpc) is 2.94. The Morgan fingerprint density at radius 1 is 1.00 bits per heavy atom. The lowest BCUT2D eigenvalue weighted by Crippen LogP contribution is -2.49. The number of halogens is 4. The molecule has 2 aliphatic rings. The zero-order valence-electron chi connectivity index (χ0n) is 24.4. The van der Waals surface area contributed by atoms with Gasteiger partial charge in [0.2, 0.25) is 0 Å². The van der Waals surface area contributed by atoms with Gasteiger partial charge in [-0.15, -0.1) is 0 Å². The molecular formula is C31H35ClF3N3O5. The number of rotatable bonds is 6. The number of fused-ring (bicyclic) bond motifs is 2. The van der Waals surface area contributed by atoms with E-state index < -0.39 is 29.0 Å². The first-order valence-electron chi connectivity index (χ1n) is 14.3. The number of carbonyl (C=O) groups excluding carboxylic acids is 1. The van der Waals surface area contributed by atoms with Crippen molar-refractivity contribution in [2.24, 2.45) is 0 Å². The molecule has 0 aliphatic carbocycles. The van der Waals surface area contributed by atoms with Crippen LogP contribution in [0.25, 0.3) is 10.9 Å². The van der Waals surface area contributed by atoms with E-state index in [1.807, 2.05) is 39.0 Å². The highest BCUT2D eigenvalue weighted by atomic mass is 35.5. The number of carbonyl (C=O) groups is 1. The molecule has 0 atom stereocenters. The Kier molecular flexibility index (Phi) is 8.85. The minimum absolute atomic E-state index is 0.0901. The van der Waals surface area contributed by atoms with Crippen LogP contribution >= 0.6 is 11.6 Å². The molecule has 0 N–H and O–H groups in total. The van der Waals surface area contributed by atoms with Gasteiger partial charge in [0.05, 0.1) is 16.1 Å². The molecule has 2 aromatic carbocycles. The van der Waals surface area contributed by atoms with Crippen molar-refractivity contribution in [1.82, 2.24) is 14.4 Å². The highest BCUT2D eigenvalue weighted by molar-refractivity contribution is 6.35. The van der Waals surface area contributed by atoms with Crippen molar-refractivity contribution in [2.45, 2.75) is 64.5 Å². The molecule has 0 bridgehead atoms. The largest absolute Gasteiger partial charge is 0.486 e. The summed E-state index contributed by atoms with van der Waals surface area (Å²) in [6, 6.07) is 10.0. The first-order valence-corrected chi connectivity index (χ1v) is 14.7. The third kappa shape index (κ3) is 7.38. The summed E-state index contributed by atoms with van der Waals surface area (Å²) >= 11 is 6.19. The molecule has 0 radical (unpaired) electrons. The van der Waals surface area contributed by atoms with E-state index in [1.54, 1.807) is 4.90 Å². The van der Waals surface area contributed by atoms with Crippen molar-refractivity contribution >= 4 is 28.6 Å². The molecule has 5 rings (SSSR count). The number of pyridine rings is 1. The minimum Gasteiger partial charge on any atom is -0.486 e. The van der Waals surface area contributed by atoms with Gasteiger partial charge in [-0.05, 0) is 63.4 Å². The molecule has 8 nitrogen and oxygen atoms in total.